The van der Waals surface area contributed by atoms with Crippen LogP contribution in [-0.4, -0.2) is 19.0 Å². The van der Waals surface area contributed by atoms with Crippen LogP contribution in [0.1, 0.15) is 22.3 Å². The van der Waals surface area contributed by atoms with E-state index < -0.39 is 5.97 Å². The standard InChI is InChI=1S/C25H21NO4/c1-17-8-6-7-11-20(17)16-29-23-15-18(12-13-22(23)28-2)14-21-25(27)30-24(26-21)19-9-4-3-5-10-19/h3-15H,16H2,1-2H3. The lowest BCUT2D eigenvalue weighted by Gasteiger charge is -2.12. The van der Waals surface area contributed by atoms with Crippen LogP contribution < -0.4 is 9.47 Å². The van der Waals surface area contributed by atoms with Crippen molar-refractivity contribution in [3.8, 4) is 11.5 Å². The molecule has 3 aromatic rings. The number of methoxy groups -OCH3 is 1. The van der Waals surface area contributed by atoms with E-state index in [4.69, 9.17) is 14.2 Å². The Hall–Kier alpha value is -3.86. The molecular weight excluding hydrogens is 378 g/mol. The van der Waals surface area contributed by atoms with E-state index in [1.807, 2.05) is 79.7 Å². The number of rotatable bonds is 6. The Morgan fingerprint density at radius 2 is 1.73 bits per heavy atom. The van der Waals surface area contributed by atoms with Crippen LogP contribution in [-0.2, 0) is 16.1 Å². The first-order valence-corrected chi connectivity index (χ1v) is 9.57. The van der Waals surface area contributed by atoms with Gasteiger partial charge in [-0.1, -0.05) is 48.5 Å². The van der Waals surface area contributed by atoms with Crippen LogP contribution in [0.2, 0.25) is 0 Å². The number of benzene rings is 3. The third-order valence-corrected chi connectivity index (χ3v) is 4.78. The summed E-state index contributed by atoms with van der Waals surface area (Å²) in [6.07, 6.45) is 1.68. The fourth-order valence-electron chi connectivity index (χ4n) is 3.09. The smallest absolute Gasteiger partial charge is 0.363 e. The molecule has 30 heavy (non-hydrogen) atoms. The Bertz CT molecular complexity index is 1130. The van der Waals surface area contributed by atoms with Gasteiger partial charge in [0.15, 0.2) is 17.2 Å². The zero-order valence-corrected chi connectivity index (χ0v) is 16.8. The summed E-state index contributed by atoms with van der Waals surface area (Å²) >= 11 is 0. The minimum atomic E-state index is -0.480. The number of carbonyl (C=O) groups excluding carboxylic acids is 1. The quantitative estimate of drug-likeness (QED) is 0.436. The molecule has 0 spiro atoms. The van der Waals surface area contributed by atoms with Gasteiger partial charge in [-0.05, 0) is 54.0 Å². The molecule has 0 bridgehead atoms. The first-order chi connectivity index (χ1) is 14.6. The molecule has 0 radical (unpaired) electrons. The highest BCUT2D eigenvalue weighted by Gasteiger charge is 2.24. The van der Waals surface area contributed by atoms with Gasteiger partial charge in [0.25, 0.3) is 0 Å². The molecule has 0 fully saturated rings. The average Bonchev–Trinajstić information content (AvgIpc) is 3.14. The Kier molecular flexibility index (Phi) is 5.61. The van der Waals surface area contributed by atoms with Crippen molar-refractivity contribution in [2.24, 2.45) is 4.99 Å². The summed E-state index contributed by atoms with van der Waals surface area (Å²) in [6.45, 7) is 2.46. The number of nitrogens with zero attached hydrogens (tertiary/aromatic N) is 1. The Morgan fingerprint density at radius 3 is 2.50 bits per heavy atom. The lowest BCUT2D eigenvalue weighted by molar-refractivity contribution is -0.129. The second-order valence-corrected chi connectivity index (χ2v) is 6.83. The van der Waals surface area contributed by atoms with E-state index in [1.54, 1.807) is 13.2 Å². The molecule has 0 saturated heterocycles. The van der Waals surface area contributed by atoms with Gasteiger partial charge in [-0.2, -0.15) is 0 Å². The molecular formula is C25H21NO4. The number of aliphatic imine (C=N–C) groups is 1. The van der Waals surface area contributed by atoms with Gasteiger partial charge in [0.05, 0.1) is 7.11 Å². The van der Waals surface area contributed by atoms with E-state index in [0.29, 0.717) is 24.0 Å². The molecule has 5 heteroatoms. The minimum Gasteiger partial charge on any atom is -0.493 e. The van der Waals surface area contributed by atoms with E-state index in [1.165, 1.54) is 0 Å². The summed E-state index contributed by atoms with van der Waals surface area (Å²) in [5.74, 6) is 1.03. The number of cyclic esters (lactones) is 1. The topological polar surface area (TPSA) is 57.1 Å². The third-order valence-electron chi connectivity index (χ3n) is 4.78. The highest BCUT2D eigenvalue weighted by molar-refractivity contribution is 6.12. The van der Waals surface area contributed by atoms with Crippen molar-refractivity contribution in [3.05, 3.63) is 101 Å². The highest BCUT2D eigenvalue weighted by Crippen LogP contribution is 2.30. The summed E-state index contributed by atoms with van der Waals surface area (Å²) < 4.78 is 16.7. The monoisotopic (exact) mass is 399 g/mol. The van der Waals surface area contributed by atoms with Crippen LogP contribution in [0, 0.1) is 6.92 Å². The van der Waals surface area contributed by atoms with Crippen LogP contribution in [0.15, 0.2) is 83.5 Å². The predicted molar refractivity (Wildman–Crippen MR) is 116 cm³/mol. The largest absolute Gasteiger partial charge is 0.493 e. The van der Waals surface area contributed by atoms with E-state index in [9.17, 15) is 4.79 Å². The molecule has 0 atom stereocenters. The molecule has 0 amide bonds. The Morgan fingerprint density at radius 1 is 0.967 bits per heavy atom. The predicted octanol–water partition coefficient (Wildman–Crippen LogP) is 4.93. The van der Waals surface area contributed by atoms with Crippen LogP contribution in [0.25, 0.3) is 6.08 Å². The molecule has 1 aliphatic rings. The molecule has 4 rings (SSSR count). The van der Waals surface area contributed by atoms with Crippen LogP contribution in [0.3, 0.4) is 0 Å². The molecule has 0 aliphatic carbocycles. The van der Waals surface area contributed by atoms with E-state index in [0.717, 1.165) is 22.3 Å². The summed E-state index contributed by atoms with van der Waals surface area (Å²) in [5.41, 5.74) is 4.02. The lowest BCUT2D eigenvalue weighted by atomic mass is 10.1. The first-order valence-electron chi connectivity index (χ1n) is 9.57. The number of hydrogen-bond donors (Lipinski definition) is 0. The van der Waals surface area contributed by atoms with Gasteiger partial charge < -0.3 is 14.2 Å². The van der Waals surface area contributed by atoms with E-state index in [-0.39, 0.29) is 5.70 Å². The van der Waals surface area contributed by atoms with Crippen LogP contribution >= 0.6 is 0 Å². The van der Waals surface area contributed by atoms with Crippen LogP contribution in [0.5, 0.6) is 11.5 Å². The van der Waals surface area contributed by atoms with Crippen molar-refractivity contribution in [2.75, 3.05) is 7.11 Å². The first kappa shape index (κ1) is 19.5. The summed E-state index contributed by atoms with van der Waals surface area (Å²) in [4.78, 5) is 16.6. The molecule has 1 heterocycles. The van der Waals surface area contributed by atoms with E-state index >= 15 is 0 Å². The number of ether oxygens (including phenoxy) is 3. The highest BCUT2D eigenvalue weighted by atomic mass is 16.6. The molecule has 0 aromatic heterocycles. The zero-order chi connectivity index (χ0) is 20.9. The number of hydrogen-bond acceptors (Lipinski definition) is 5. The molecule has 150 valence electrons. The molecule has 3 aromatic carbocycles. The van der Waals surface area contributed by atoms with Crippen molar-refractivity contribution in [1.82, 2.24) is 0 Å². The maximum atomic E-state index is 12.3. The summed E-state index contributed by atoms with van der Waals surface area (Å²) in [6, 6.07) is 22.9. The fraction of sp³-hybridized carbons (Fsp3) is 0.120. The molecule has 5 nitrogen and oxygen atoms in total. The second-order valence-electron chi connectivity index (χ2n) is 6.83. The third kappa shape index (κ3) is 4.25. The number of esters is 1. The van der Waals surface area contributed by atoms with Gasteiger partial charge in [-0.3, -0.25) is 0 Å². The van der Waals surface area contributed by atoms with Gasteiger partial charge in [-0.25, -0.2) is 9.79 Å². The SMILES string of the molecule is COc1ccc(C=C2N=C(c3ccccc3)OC2=O)cc1OCc1ccccc1C. The van der Waals surface area contributed by atoms with Crippen molar-refractivity contribution < 1.29 is 19.0 Å². The van der Waals surface area contributed by atoms with Gasteiger partial charge in [0.1, 0.15) is 6.61 Å². The van der Waals surface area contributed by atoms with Crippen molar-refractivity contribution in [1.29, 1.82) is 0 Å². The number of carbonyl (C=O) groups is 1. The maximum absolute atomic E-state index is 12.3. The van der Waals surface area contributed by atoms with Gasteiger partial charge >= 0.3 is 5.97 Å². The fourth-order valence-corrected chi connectivity index (χ4v) is 3.09. The molecule has 0 saturated carbocycles. The summed E-state index contributed by atoms with van der Waals surface area (Å²) in [7, 11) is 1.60. The van der Waals surface area contributed by atoms with Gasteiger partial charge in [0.2, 0.25) is 5.90 Å². The average molecular weight is 399 g/mol. The maximum Gasteiger partial charge on any atom is 0.363 e. The van der Waals surface area contributed by atoms with Crippen molar-refractivity contribution in [2.45, 2.75) is 13.5 Å². The second kappa shape index (κ2) is 8.66. The summed E-state index contributed by atoms with van der Waals surface area (Å²) in [5, 5.41) is 0. The van der Waals surface area contributed by atoms with Gasteiger partial charge in [0, 0.05) is 5.56 Å². The van der Waals surface area contributed by atoms with E-state index in [2.05, 4.69) is 4.99 Å². The van der Waals surface area contributed by atoms with Crippen molar-refractivity contribution >= 4 is 17.9 Å². The Labute approximate surface area is 175 Å². The van der Waals surface area contributed by atoms with Gasteiger partial charge in [-0.15, -0.1) is 0 Å². The van der Waals surface area contributed by atoms with Crippen molar-refractivity contribution in [3.63, 3.8) is 0 Å². The normalized spacial score (nSPS) is 14.4. The molecule has 0 unspecified atom stereocenters. The van der Waals surface area contributed by atoms with Crippen LogP contribution in [0.4, 0.5) is 0 Å². The Balaban J connectivity index is 1.59. The zero-order valence-electron chi connectivity index (χ0n) is 16.8. The molecule has 0 N–H and O–H groups in total. The lowest BCUT2D eigenvalue weighted by Crippen LogP contribution is -2.05. The number of aryl methyl sites for hydroxylation is 1. The minimum absolute atomic E-state index is 0.240. The molecule has 1 aliphatic heterocycles.